The van der Waals surface area contributed by atoms with E-state index in [1.54, 1.807) is 0 Å². The summed E-state index contributed by atoms with van der Waals surface area (Å²) in [6.45, 7) is 0. The highest BCUT2D eigenvalue weighted by Crippen LogP contribution is 2.43. The first-order valence-corrected chi connectivity index (χ1v) is 16.4. The highest BCUT2D eigenvalue weighted by Gasteiger charge is 2.21. The lowest BCUT2D eigenvalue weighted by atomic mass is 9.98. The molecule has 0 spiro atoms. The molecule has 3 heterocycles. The second-order valence-corrected chi connectivity index (χ2v) is 12.6. The summed E-state index contributed by atoms with van der Waals surface area (Å²) in [7, 11) is 0. The molecule has 0 radical (unpaired) electrons. The lowest BCUT2D eigenvalue weighted by Crippen LogP contribution is -2.00. The van der Waals surface area contributed by atoms with Crippen LogP contribution in [0.3, 0.4) is 0 Å². The average molecular weight is 651 g/mol. The molecule has 10 aromatic rings. The molecule has 0 fully saturated rings. The maximum Gasteiger partial charge on any atom is 0.178 e. The van der Waals surface area contributed by atoms with Crippen LogP contribution in [0.2, 0.25) is 0 Å². The highest BCUT2D eigenvalue weighted by molar-refractivity contribution is 6.19. The molecule has 0 bridgehead atoms. The predicted octanol–water partition coefficient (Wildman–Crippen LogP) is 11.5. The molecule has 0 atom stereocenters. The third-order valence-electron chi connectivity index (χ3n) is 9.92. The van der Waals surface area contributed by atoms with Gasteiger partial charge in [-0.25, -0.2) is 0 Å². The van der Waals surface area contributed by atoms with Gasteiger partial charge in [0.25, 0.3) is 0 Å². The monoisotopic (exact) mass is 650 g/mol. The predicted molar refractivity (Wildman–Crippen MR) is 200 cm³/mol. The molecule has 0 saturated carbocycles. The molecule has 6 heteroatoms. The molecule has 0 aliphatic carbocycles. The van der Waals surface area contributed by atoms with E-state index < -0.39 is 0 Å². The SMILES string of the molecule is N#Cc1ccc(-c2ccc3oc4c(ccc5c6cc(-c7cccc(C#N)c7-n7c8ccccc8c8cc(C#N)ccc87)ccc6oc54)c3c2)cc1. The summed E-state index contributed by atoms with van der Waals surface area (Å²) in [5.74, 6) is 0. The standard InChI is InChI=1S/C45H22N4O2/c46-23-26-8-11-28(12-9-26)29-13-18-41-37(21-29)34-15-16-35-38-22-30(14-19-42(38)51-45(35)44(34)50-41)32-6-3-4-31(25-48)43(32)49-39-7-2-1-5-33(39)36-20-27(24-47)10-17-40(36)49/h1-22H. The van der Waals surface area contributed by atoms with Crippen molar-refractivity contribution in [1.29, 1.82) is 15.8 Å². The zero-order valence-electron chi connectivity index (χ0n) is 26.8. The summed E-state index contributed by atoms with van der Waals surface area (Å²) in [6.07, 6.45) is 0. The van der Waals surface area contributed by atoms with Crippen LogP contribution in [0.1, 0.15) is 16.7 Å². The molecule has 234 valence electrons. The van der Waals surface area contributed by atoms with Gasteiger partial charge in [0.05, 0.1) is 45.5 Å². The molecular weight excluding hydrogens is 629 g/mol. The fourth-order valence-electron chi connectivity index (χ4n) is 7.54. The van der Waals surface area contributed by atoms with E-state index in [0.29, 0.717) is 27.9 Å². The topological polar surface area (TPSA) is 103 Å². The van der Waals surface area contributed by atoms with E-state index in [1.165, 1.54) is 0 Å². The van der Waals surface area contributed by atoms with Gasteiger partial charge in [0.2, 0.25) is 0 Å². The number of fused-ring (bicyclic) bond motifs is 10. The highest BCUT2D eigenvalue weighted by atomic mass is 16.4. The lowest BCUT2D eigenvalue weighted by molar-refractivity contribution is 0.633. The van der Waals surface area contributed by atoms with Gasteiger partial charge in [-0.15, -0.1) is 0 Å². The number of para-hydroxylation sites is 2. The zero-order valence-corrected chi connectivity index (χ0v) is 26.8. The average Bonchev–Trinajstić information content (AvgIpc) is 3.86. The Labute approximate surface area is 290 Å². The Morgan fingerprint density at radius 2 is 1.06 bits per heavy atom. The first-order chi connectivity index (χ1) is 25.1. The van der Waals surface area contributed by atoms with E-state index in [9.17, 15) is 15.8 Å². The summed E-state index contributed by atoms with van der Waals surface area (Å²) < 4.78 is 15.1. The number of aromatic nitrogens is 1. The van der Waals surface area contributed by atoms with E-state index in [-0.39, 0.29) is 0 Å². The molecule has 0 aliphatic rings. The van der Waals surface area contributed by atoms with Crippen LogP contribution in [0.5, 0.6) is 0 Å². The van der Waals surface area contributed by atoms with Gasteiger partial charge in [0, 0.05) is 37.9 Å². The van der Waals surface area contributed by atoms with E-state index >= 15 is 0 Å². The summed E-state index contributed by atoms with van der Waals surface area (Å²) in [5.41, 5.74) is 11.2. The Balaban J connectivity index is 1.17. The van der Waals surface area contributed by atoms with Crippen LogP contribution in [-0.2, 0) is 0 Å². The maximum absolute atomic E-state index is 10.4. The van der Waals surface area contributed by atoms with Crippen molar-refractivity contribution in [2.75, 3.05) is 0 Å². The molecule has 6 nitrogen and oxygen atoms in total. The number of benzene rings is 7. The molecule has 7 aromatic carbocycles. The van der Waals surface area contributed by atoms with Gasteiger partial charge in [-0.1, -0.05) is 54.6 Å². The van der Waals surface area contributed by atoms with Crippen LogP contribution in [0.4, 0.5) is 0 Å². The van der Waals surface area contributed by atoms with Crippen molar-refractivity contribution in [3.8, 4) is 46.1 Å². The van der Waals surface area contributed by atoms with Crippen molar-refractivity contribution in [2.24, 2.45) is 0 Å². The van der Waals surface area contributed by atoms with E-state index in [2.05, 4.69) is 59.2 Å². The molecule has 0 aliphatic heterocycles. The normalized spacial score (nSPS) is 11.5. The van der Waals surface area contributed by atoms with Crippen molar-refractivity contribution in [3.05, 3.63) is 150 Å². The third kappa shape index (κ3) is 4.14. The second kappa shape index (κ2) is 10.7. The second-order valence-electron chi connectivity index (χ2n) is 12.6. The van der Waals surface area contributed by atoms with Gasteiger partial charge < -0.3 is 13.4 Å². The van der Waals surface area contributed by atoms with E-state index in [1.807, 2.05) is 97.1 Å². The number of furan rings is 2. The van der Waals surface area contributed by atoms with Crippen molar-refractivity contribution in [1.82, 2.24) is 4.57 Å². The summed E-state index contributed by atoms with van der Waals surface area (Å²) >= 11 is 0. The number of rotatable bonds is 3. The minimum atomic E-state index is 0.543. The van der Waals surface area contributed by atoms with Gasteiger partial charge in [-0.3, -0.25) is 0 Å². The smallest absolute Gasteiger partial charge is 0.178 e. The maximum atomic E-state index is 10.4. The summed E-state index contributed by atoms with van der Waals surface area (Å²) in [4.78, 5) is 0. The van der Waals surface area contributed by atoms with Crippen LogP contribution in [0.15, 0.2) is 142 Å². The van der Waals surface area contributed by atoms with Gasteiger partial charge in [0.1, 0.15) is 17.2 Å². The number of nitrogens with zero attached hydrogens (tertiary/aromatic N) is 4. The van der Waals surface area contributed by atoms with Gasteiger partial charge in [0.15, 0.2) is 11.2 Å². The number of hydrogen-bond acceptors (Lipinski definition) is 5. The Hall–Kier alpha value is -7.59. The minimum absolute atomic E-state index is 0.543. The van der Waals surface area contributed by atoms with E-state index in [0.717, 1.165) is 82.5 Å². The van der Waals surface area contributed by atoms with Gasteiger partial charge in [-0.05, 0) is 95.6 Å². The van der Waals surface area contributed by atoms with Crippen molar-refractivity contribution in [2.45, 2.75) is 0 Å². The zero-order chi connectivity index (χ0) is 34.2. The first-order valence-electron chi connectivity index (χ1n) is 16.4. The first kappa shape index (κ1) is 28.4. The molecular formula is C45H22N4O2. The third-order valence-corrected chi connectivity index (χ3v) is 9.92. The Bertz CT molecular complexity index is 3230. The number of hydrogen-bond donors (Lipinski definition) is 0. The van der Waals surface area contributed by atoms with Crippen LogP contribution < -0.4 is 0 Å². The van der Waals surface area contributed by atoms with Crippen LogP contribution in [0, 0.1) is 34.0 Å². The van der Waals surface area contributed by atoms with Crippen molar-refractivity contribution < 1.29 is 8.83 Å². The van der Waals surface area contributed by atoms with Crippen LogP contribution >= 0.6 is 0 Å². The Kier molecular flexibility index (Phi) is 5.97. The van der Waals surface area contributed by atoms with Crippen LogP contribution in [0.25, 0.3) is 93.6 Å². The van der Waals surface area contributed by atoms with Gasteiger partial charge in [-0.2, -0.15) is 15.8 Å². The fraction of sp³-hybridized carbons (Fsp3) is 0. The van der Waals surface area contributed by atoms with Crippen LogP contribution in [-0.4, -0.2) is 4.57 Å². The largest absolute Gasteiger partial charge is 0.452 e. The van der Waals surface area contributed by atoms with Crippen molar-refractivity contribution >= 4 is 65.7 Å². The Morgan fingerprint density at radius 3 is 1.76 bits per heavy atom. The molecule has 0 N–H and O–H groups in total. The number of nitriles is 3. The molecule has 0 amide bonds. The molecule has 0 saturated heterocycles. The van der Waals surface area contributed by atoms with E-state index in [4.69, 9.17) is 8.83 Å². The molecule has 10 rings (SSSR count). The fourth-order valence-corrected chi connectivity index (χ4v) is 7.54. The molecule has 0 unspecified atom stereocenters. The lowest BCUT2D eigenvalue weighted by Gasteiger charge is -2.16. The molecule has 3 aromatic heterocycles. The molecule has 51 heavy (non-hydrogen) atoms. The summed E-state index contributed by atoms with van der Waals surface area (Å²) in [6, 6.07) is 50.5. The van der Waals surface area contributed by atoms with Crippen molar-refractivity contribution in [3.63, 3.8) is 0 Å². The quantitative estimate of drug-likeness (QED) is 0.189. The minimum Gasteiger partial charge on any atom is -0.452 e. The Morgan fingerprint density at radius 1 is 0.431 bits per heavy atom. The van der Waals surface area contributed by atoms with Gasteiger partial charge >= 0.3 is 0 Å². The summed E-state index contributed by atoms with van der Waals surface area (Å²) in [5, 5.41) is 35.1.